The molecule has 5 nitrogen and oxygen atoms in total. The van der Waals surface area contributed by atoms with Gasteiger partial charge in [0.25, 0.3) is 0 Å². The number of likely N-dealkylation sites (N-methyl/N-ethyl adjacent to an activating group) is 1. The molecular weight excluding hydrogens is 260 g/mol. The summed E-state index contributed by atoms with van der Waals surface area (Å²) in [7, 11) is -2.07. The van der Waals surface area contributed by atoms with Gasteiger partial charge in [0.2, 0.25) is 10.0 Å². The number of sulfonamides is 1. The van der Waals surface area contributed by atoms with Crippen LogP contribution in [0.1, 0.15) is 32.6 Å². The predicted molar refractivity (Wildman–Crippen MR) is 71.2 cm³/mol. The van der Waals surface area contributed by atoms with Crippen molar-refractivity contribution in [2.24, 2.45) is 5.73 Å². The minimum absolute atomic E-state index is 0.0397. The second kappa shape index (κ2) is 5.60. The van der Waals surface area contributed by atoms with Crippen molar-refractivity contribution in [3.05, 3.63) is 0 Å². The Labute approximate surface area is 108 Å². The van der Waals surface area contributed by atoms with Crippen LogP contribution in [-0.2, 0) is 10.0 Å². The van der Waals surface area contributed by atoms with Crippen molar-refractivity contribution in [2.45, 2.75) is 50.0 Å². The number of thiocarbonyl (C=S) groups is 1. The summed E-state index contributed by atoms with van der Waals surface area (Å²) in [5.74, 6) is 0. The van der Waals surface area contributed by atoms with Crippen LogP contribution in [0, 0.1) is 0 Å². The van der Waals surface area contributed by atoms with Crippen molar-refractivity contribution in [1.82, 2.24) is 4.31 Å². The van der Waals surface area contributed by atoms with Crippen molar-refractivity contribution < 1.29 is 13.5 Å². The molecule has 1 aliphatic rings. The lowest BCUT2D eigenvalue weighted by atomic mass is 9.93. The van der Waals surface area contributed by atoms with Crippen LogP contribution in [-0.4, -0.2) is 47.3 Å². The van der Waals surface area contributed by atoms with Crippen molar-refractivity contribution in [2.75, 3.05) is 7.05 Å². The first kappa shape index (κ1) is 14.8. The maximum Gasteiger partial charge on any atom is 0.223 e. The Hall–Kier alpha value is -0.240. The van der Waals surface area contributed by atoms with Gasteiger partial charge < -0.3 is 10.8 Å². The summed E-state index contributed by atoms with van der Waals surface area (Å²) in [5, 5.41) is 8.96. The summed E-state index contributed by atoms with van der Waals surface area (Å²) in [4.78, 5) is -0.0397. The highest BCUT2D eigenvalue weighted by molar-refractivity contribution is 7.92. The molecule has 0 aromatic rings. The lowest BCUT2D eigenvalue weighted by molar-refractivity contribution is 0.0637. The smallest absolute Gasteiger partial charge is 0.223 e. The first-order valence-corrected chi connectivity index (χ1v) is 7.64. The molecule has 0 aromatic carbocycles. The molecule has 1 saturated carbocycles. The zero-order valence-corrected chi connectivity index (χ0v) is 11.8. The molecule has 1 rings (SSSR count). The molecular formula is C10H20N2O3S2. The Bertz CT molecular complexity index is 383. The van der Waals surface area contributed by atoms with Gasteiger partial charge in [-0.2, -0.15) is 4.31 Å². The Morgan fingerprint density at radius 2 is 2.00 bits per heavy atom. The second-order valence-corrected chi connectivity index (χ2v) is 7.31. The number of aliphatic hydroxyl groups is 1. The molecule has 3 atom stereocenters. The van der Waals surface area contributed by atoms with E-state index in [2.05, 4.69) is 0 Å². The standard InChI is InChI=1S/C10H20N2O3S2/c1-7(10(11)16)17(14,15)12(2)8-5-3-4-6-9(8)13/h7-9,13H,3-6H2,1-2H3,(H2,11,16). The average molecular weight is 280 g/mol. The third kappa shape index (κ3) is 3.15. The van der Waals surface area contributed by atoms with Crippen LogP contribution in [0.25, 0.3) is 0 Å². The fraction of sp³-hybridized carbons (Fsp3) is 0.900. The van der Waals surface area contributed by atoms with Gasteiger partial charge in [-0.1, -0.05) is 25.1 Å². The van der Waals surface area contributed by atoms with Crippen LogP contribution in [0.15, 0.2) is 0 Å². The van der Waals surface area contributed by atoms with E-state index in [0.29, 0.717) is 12.8 Å². The van der Waals surface area contributed by atoms with Gasteiger partial charge in [-0.05, 0) is 19.8 Å². The normalized spacial score (nSPS) is 28.0. The van der Waals surface area contributed by atoms with Gasteiger partial charge in [-0.3, -0.25) is 0 Å². The molecule has 3 unspecified atom stereocenters. The molecule has 0 aromatic heterocycles. The van der Waals surface area contributed by atoms with Crippen molar-refractivity contribution in [3.63, 3.8) is 0 Å². The van der Waals surface area contributed by atoms with E-state index in [-0.39, 0.29) is 11.0 Å². The summed E-state index contributed by atoms with van der Waals surface area (Å²) < 4.78 is 25.6. The van der Waals surface area contributed by atoms with Crippen LogP contribution in [0.5, 0.6) is 0 Å². The Morgan fingerprint density at radius 1 is 1.47 bits per heavy atom. The minimum Gasteiger partial charge on any atom is -0.392 e. The first-order valence-electron chi connectivity index (χ1n) is 5.72. The highest BCUT2D eigenvalue weighted by Crippen LogP contribution is 2.25. The van der Waals surface area contributed by atoms with E-state index in [4.69, 9.17) is 18.0 Å². The molecule has 0 bridgehead atoms. The quantitative estimate of drug-likeness (QED) is 0.720. The zero-order chi connectivity index (χ0) is 13.2. The molecule has 100 valence electrons. The van der Waals surface area contributed by atoms with Crippen LogP contribution < -0.4 is 5.73 Å². The van der Waals surface area contributed by atoms with E-state index in [1.165, 1.54) is 18.3 Å². The lowest BCUT2D eigenvalue weighted by Gasteiger charge is -2.35. The average Bonchev–Trinajstić information content (AvgIpc) is 2.27. The van der Waals surface area contributed by atoms with Crippen LogP contribution in [0.2, 0.25) is 0 Å². The molecule has 0 spiro atoms. The summed E-state index contributed by atoms with van der Waals surface area (Å²) in [6.07, 6.45) is 2.61. The molecule has 7 heteroatoms. The van der Waals surface area contributed by atoms with E-state index in [0.717, 1.165) is 12.8 Å². The predicted octanol–water partition coefficient (Wildman–Crippen LogP) is 0.226. The topological polar surface area (TPSA) is 83.6 Å². The number of rotatable bonds is 4. The number of nitrogens with zero attached hydrogens (tertiary/aromatic N) is 1. The van der Waals surface area contributed by atoms with Gasteiger partial charge in [0.15, 0.2) is 0 Å². The highest BCUT2D eigenvalue weighted by atomic mass is 32.2. The Morgan fingerprint density at radius 3 is 2.47 bits per heavy atom. The Kier molecular flexibility index (Phi) is 4.88. The third-order valence-corrected chi connectivity index (χ3v) is 6.13. The largest absolute Gasteiger partial charge is 0.392 e. The van der Waals surface area contributed by atoms with Gasteiger partial charge in [0, 0.05) is 7.05 Å². The molecule has 0 heterocycles. The number of nitrogens with two attached hydrogens (primary N) is 1. The van der Waals surface area contributed by atoms with Gasteiger partial charge in [-0.25, -0.2) is 8.42 Å². The fourth-order valence-corrected chi connectivity index (χ4v) is 3.88. The summed E-state index contributed by atoms with van der Waals surface area (Å²) in [6, 6.07) is -0.356. The van der Waals surface area contributed by atoms with E-state index >= 15 is 0 Å². The number of hydrogen-bond donors (Lipinski definition) is 2. The van der Waals surface area contributed by atoms with Gasteiger partial charge in [0.1, 0.15) is 5.25 Å². The minimum atomic E-state index is -3.56. The second-order valence-electron chi connectivity index (χ2n) is 4.52. The van der Waals surface area contributed by atoms with Crippen molar-refractivity contribution >= 4 is 27.2 Å². The molecule has 1 fully saturated rings. The monoisotopic (exact) mass is 280 g/mol. The third-order valence-electron chi connectivity index (χ3n) is 3.41. The van der Waals surface area contributed by atoms with Gasteiger partial charge >= 0.3 is 0 Å². The highest BCUT2D eigenvalue weighted by Gasteiger charge is 2.36. The molecule has 0 radical (unpaired) electrons. The number of aliphatic hydroxyl groups excluding tert-OH is 1. The van der Waals surface area contributed by atoms with E-state index in [1.54, 1.807) is 0 Å². The van der Waals surface area contributed by atoms with Crippen molar-refractivity contribution in [3.8, 4) is 0 Å². The fourth-order valence-electron chi connectivity index (χ4n) is 2.10. The van der Waals surface area contributed by atoms with Crippen LogP contribution >= 0.6 is 12.2 Å². The maximum atomic E-state index is 12.2. The molecule has 0 amide bonds. The van der Waals surface area contributed by atoms with Crippen LogP contribution in [0.4, 0.5) is 0 Å². The molecule has 0 saturated heterocycles. The summed E-state index contributed by atoms with van der Waals surface area (Å²) >= 11 is 4.73. The molecule has 17 heavy (non-hydrogen) atoms. The van der Waals surface area contributed by atoms with E-state index < -0.39 is 21.4 Å². The van der Waals surface area contributed by atoms with Crippen molar-refractivity contribution in [1.29, 1.82) is 0 Å². The Balaban J connectivity index is 2.87. The van der Waals surface area contributed by atoms with Gasteiger partial charge in [-0.15, -0.1) is 0 Å². The molecule has 3 N–H and O–H groups in total. The maximum absolute atomic E-state index is 12.2. The summed E-state index contributed by atoms with van der Waals surface area (Å²) in [6.45, 7) is 1.48. The lowest BCUT2D eigenvalue weighted by Crippen LogP contribution is -2.50. The zero-order valence-electron chi connectivity index (χ0n) is 10.2. The van der Waals surface area contributed by atoms with E-state index in [9.17, 15) is 13.5 Å². The molecule has 1 aliphatic carbocycles. The number of hydrogen-bond acceptors (Lipinski definition) is 4. The SMILES string of the molecule is CC(C(N)=S)S(=O)(=O)N(C)C1CCCCC1O. The van der Waals surface area contributed by atoms with Crippen LogP contribution in [0.3, 0.4) is 0 Å². The summed E-state index contributed by atoms with van der Waals surface area (Å²) in [5.41, 5.74) is 5.39. The van der Waals surface area contributed by atoms with E-state index in [1.807, 2.05) is 0 Å². The first-order chi connectivity index (χ1) is 7.78. The van der Waals surface area contributed by atoms with Gasteiger partial charge in [0.05, 0.1) is 17.1 Å². The molecule has 0 aliphatic heterocycles.